The van der Waals surface area contributed by atoms with Crippen molar-refractivity contribution in [1.29, 1.82) is 0 Å². The smallest absolute Gasteiger partial charge is 0.319 e. The number of urea groups is 1. The first-order valence-corrected chi connectivity index (χ1v) is 12.1. The molecule has 1 aromatic heterocycles. The van der Waals surface area contributed by atoms with Gasteiger partial charge in [-0.2, -0.15) is 5.10 Å². The predicted molar refractivity (Wildman–Crippen MR) is 141 cm³/mol. The SMILES string of the molecule is CCC1(c2ccccc2)NC(=O)N(CC(=O)Nc2cc(-c3ccc(C)cc3)nn2-c2ccccc2)C1=O. The summed E-state index contributed by atoms with van der Waals surface area (Å²) in [4.78, 5) is 40.3. The highest BCUT2D eigenvalue weighted by atomic mass is 16.2. The summed E-state index contributed by atoms with van der Waals surface area (Å²) in [6.07, 6.45) is 0.362. The number of imide groups is 1. The van der Waals surface area contributed by atoms with Crippen LogP contribution in [0.15, 0.2) is 91.0 Å². The van der Waals surface area contributed by atoms with Crippen LogP contribution in [0.25, 0.3) is 16.9 Å². The zero-order valence-corrected chi connectivity index (χ0v) is 20.6. The van der Waals surface area contributed by atoms with Crippen molar-refractivity contribution in [3.8, 4) is 16.9 Å². The quantitative estimate of drug-likeness (QED) is 0.367. The van der Waals surface area contributed by atoms with Gasteiger partial charge in [-0.3, -0.25) is 14.5 Å². The second-order valence-corrected chi connectivity index (χ2v) is 9.02. The van der Waals surface area contributed by atoms with Gasteiger partial charge in [-0.1, -0.05) is 85.3 Å². The molecule has 8 nitrogen and oxygen atoms in total. The molecule has 4 aromatic rings. The molecule has 0 bridgehead atoms. The fourth-order valence-electron chi connectivity index (χ4n) is 4.56. The van der Waals surface area contributed by atoms with E-state index < -0.39 is 29.9 Å². The number of benzene rings is 3. The van der Waals surface area contributed by atoms with E-state index in [4.69, 9.17) is 5.10 Å². The van der Waals surface area contributed by atoms with Crippen molar-refractivity contribution in [2.24, 2.45) is 0 Å². The zero-order chi connectivity index (χ0) is 26.0. The number of carbonyl (C=O) groups excluding carboxylic acids is 3. The van der Waals surface area contributed by atoms with Crippen LogP contribution in [-0.2, 0) is 15.1 Å². The van der Waals surface area contributed by atoms with Crippen molar-refractivity contribution < 1.29 is 14.4 Å². The summed E-state index contributed by atoms with van der Waals surface area (Å²) in [5.41, 5.74) is 2.97. The molecule has 0 spiro atoms. The molecule has 1 atom stereocenters. The average Bonchev–Trinajstić information content (AvgIpc) is 3.44. The van der Waals surface area contributed by atoms with Gasteiger partial charge in [0, 0.05) is 11.6 Å². The predicted octanol–water partition coefficient (Wildman–Crippen LogP) is 4.64. The molecule has 2 heterocycles. The summed E-state index contributed by atoms with van der Waals surface area (Å²) in [5, 5.41) is 10.4. The molecule has 1 aliphatic rings. The van der Waals surface area contributed by atoms with Crippen LogP contribution in [0.1, 0.15) is 24.5 Å². The number of hydrogen-bond acceptors (Lipinski definition) is 4. The Hall–Kier alpha value is -4.72. The van der Waals surface area contributed by atoms with Gasteiger partial charge < -0.3 is 10.6 Å². The standard InChI is InChI=1S/C29H27N5O3/c1-3-29(22-10-6-4-7-11-22)27(36)33(28(37)31-29)19-26(35)30-25-18-24(21-16-14-20(2)15-17-21)32-34(25)23-12-8-5-9-13-23/h4-18H,3,19H2,1-2H3,(H,30,35)(H,31,37). The second-order valence-electron chi connectivity index (χ2n) is 9.02. The van der Waals surface area contributed by atoms with Crippen LogP contribution in [-0.4, -0.2) is 39.1 Å². The molecular weight excluding hydrogens is 466 g/mol. The first-order chi connectivity index (χ1) is 17.9. The molecule has 2 N–H and O–H groups in total. The van der Waals surface area contributed by atoms with Gasteiger partial charge in [0.15, 0.2) is 0 Å². The maximum absolute atomic E-state index is 13.4. The van der Waals surface area contributed by atoms with Gasteiger partial charge in [0.05, 0.1) is 11.4 Å². The third-order valence-electron chi connectivity index (χ3n) is 6.60. The minimum Gasteiger partial charge on any atom is -0.319 e. The maximum Gasteiger partial charge on any atom is 0.325 e. The third-order valence-corrected chi connectivity index (χ3v) is 6.60. The Balaban J connectivity index is 1.41. The number of aromatic nitrogens is 2. The Bertz CT molecular complexity index is 1450. The Morgan fingerprint density at radius 3 is 2.24 bits per heavy atom. The third kappa shape index (κ3) is 4.49. The highest BCUT2D eigenvalue weighted by Crippen LogP contribution is 2.32. The number of nitrogens with zero attached hydrogens (tertiary/aromatic N) is 3. The van der Waals surface area contributed by atoms with Gasteiger partial charge in [0.2, 0.25) is 5.91 Å². The van der Waals surface area contributed by atoms with E-state index in [9.17, 15) is 14.4 Å². The molecule has 4 amide bonds. The molecule has 1 aliphatic heterocycles. The molecular formula is C29H27N5O3. The zero-order valence-electron chi connectivity index (χ0n) is 20.6. The van der Waals surface area contributed by atoms with E-state index in [1.807, 2.05) is 86.6 Å². The number of nitrogens with one attached hydrogen (secondary N) is 2. The molecule has 5 rings (SSSR count). The Kier molecular flexibility index (Phi) is 6.31. The number of carbonyl (C=O) groups is 3. The van der Waals surface area contributed by atoms with Gasteiger partial charge in [0.1, 0.15) is 17.9 Å². The fourth-order valence-corrected chi connectivity index (χ4v) is 4.56. The fraction of sp³-hybridized carbons (Fsp3) is 0.172. The van der Waals surface area contributed by atoms with Crippen LogP contribution < -0.4 is 10.6 Å². The van der Waals surface area contributed by atoms with E-state index in [1.54, 1.807) is 22.9 Å². The van der Waals surface area contributed by atoms with Crippen molar-refractivity contribution in [2.75, 3.05) is 11.9 Å². The lowest BCUT2D eigenvalue weighted by atomic mass is 9.87. The topological polar surface area (TPSA) is 96.3 Å². The maximum atomic E-state index is 13.4. The van der Waals surface area contributed by atoms with Crippen LogP contribution in [0.2, 0.25) is 0 Å². The summed E-state index contributed by atoms with van der Waals surface area (Å²) in [6.45, 7) is 3.43. The molecule has 0 saturated carbocycles. The molecule has 0 aliphatic carbocycles. The number of hydrogen-bond donors (Lipinski definition) is 2. The van der Waals surface area contributed by atoms with E-state index in [0.29, 0.717) is 23.5 Å². The van der Waals surface area contributed by atoms with Crippen LogP contribution >= 0.6 is 0 Å². The molecule has 1 fully saturated rings. The van der Waals surface area contributed by atoms with E-state index in [1.165, 1.54) is 0 Å². The number of amides is 4. The summed E-state index contributed by atoms with van der Waals surface area (Å²) in [5.74, 6) is -0.516. The Morgan fingerprint density at radius 2 is 1.59 bits per heavy atom. The van der Waals surface area contributed by atoms with Crippen molar-refractivity contribution in [2.45, 2.75) is 25.8 Å². The van der Waals surface area contributed by atoms with E-state index >= 15 is 0 Å². The summed E-state index contributed by atoms with van der Waals surface area (Å²) >= 11 is 0. The minimum absolute atomic E-state index is 0.362. The molecule has 1 saturated heterocycles. The molecule has 1 unspecified atom stereocenters. The second kappa shape index (κ2) is 9.73. The number of aryl methyl sites for hydroxylation is 1. The van der Waals surface area contributed by atoms with Crippen molar-refractivity contribution >= 4 is 23.7 Å². The largest absolute Gasteiger partial charge is 0.325 e. The first kappa shape index (κ1) is 24.0. The Morgan fingerprint density at radius 1 is 0.946 bits per heavy atom. The summed E-state index contributed by atoms with van der Waals surface area (Å²) in [6, 6.07) is 27.6. The lowest BCUT2D eigenvalue weighted by Crippen LogP contribution is -2.44. The van der Waals surface area contributed by atoms with E-state index in [0.717, 1.165) is 21.7 Å². The molecule has 8 heteroatoms. The lowest BCUT2D eigenvalue weighted by molar-refractivity contribution is -0.134. The first-order valence-electron chi connectivity index (χ1n) is 12.1. The molecule has 3 aromatic carbocycles. The number of anilines is 1. The molecule has 0 radical (unpaired) electrons. The van der Waals surface area contributed by atoms with Gasteiger partial charge in [0.25, 0.3) is 5.91 Å². The molecule has 37 heavy (non-hydrogen) atoms. The van der Waals surface area contributed by atoms with Gasteiger partial charge in [-0.05, 0) is 31.0 Å². The lowest BCUT2D eigenvalue weighted by Gasteiger charge is -2.25. The number of para-hydroxylation sites is 1. The van der Waals surface area contributed by atoms with Crippen molar-refractivity contribution in [3.63, 3.8) is 0 Å². The normalized spacial score (nSPS) is 17.1. The van der Waals surface area contributed by atoms with Crippen LogP contribution in [0, 0.1) is 6.92 Å². The van der Waals surface area contributed by atoms with Crippen molar-refractivity contribution in [1.82, 2.24) is 20.0 Å². The van der Waals surface area contributed by atoms with Gasteiger partial charge in [-0.15, -0.1) is 0 Å². The van der Waals surface area contributed by atoms with Crippen LogP contribution in [0.3, 0.4) is 0 Å². The van der Waals surface area contributed by atoms with E-state index in [-0.39, 0.29) is 0 Å². The summed E-state index contributed by atoms with van der Waals surface area (Å²) < 4.78 is 1.64. The summed E-state index contributed by atoms with van der Waals surface area (Å²) in [7, 11) is 0. The number of rotatable bonds is 7. The highest BCUT2D eigenvalue weighted by molar-refractivity contribution is 6.10. The molecule has 186 valence electrons. The van der Waals surface area contributed by atoms with Crippen LogP contribution in [0.4, 0.5) is 10.6 Å². The highest BCUT2D eigenvalue weighted by Gasteiger charge is 2.51. The Labute approximate surface area is 214 Å². The minimum atomic E-state index is -1.19. The monoisotopic (exact) mass is 493 g/mol. The van der Waals surface area contributed by atoms with Gasteiger partial charge >= 0.3 is 6.03 Å². The van der Waals surface area contributed by atoms with Crippen molar-refractivity contribution in [3.05, 3.63) is 102 Å². The van der Waals surface area contributed by atoms with E-state index in [2.05, 4.69) is 10.6 Å². The van der Waals surface area contributed by atoms with Crippen LogP contribution in [0.5, 0.6) is 0 Å². The van der Waals surface area contributed by atoms with Gasteiger partial charge in [-0.25, -0.2) is 9.48 Å². The average molecular weight is 494 g/mol.